The van der Waals surface area contributed by atoms with Gasteiger partial charge in [0.2, 0.25) is 0 Å². The summed E-state index contributed by atoms with van der Waals surface area (Å²) in [6.45, 7) is 4.82. The normalized spacial score (nSPS) is 14.1. The number of rotatable bonds is 6. The third-order valence-corrected chi connectivity index (χ3v) is 5.59. The molecule has 0 spiro atoms. The van der Waals surface area contributed by atoms with E-state index in [-0.39, 0.29) is 5.91 Å². The van der Waals surface area contributed by atoms with Gasteiger partial charge in [-0.15, -0.1) is 0 Å². The van der Waals surface area contributed by atoms with Crippen molar-refractivity contribution in [2.75, 3.05) is 0 Å². The van der Waals surface area contributed by atoms with Gasteiger partial charge in [0.05, 0.1) is 5.56 Å². The Morgan fingerprint density at radius 1 is 1.04 bits per heavy atom. The van der Waals surface area contributed by atoms with Crippen molar-refractivity contribution >= 4 is 16.7 Å². The van der Waals surface area contributed by atoms with Crippen LogP contribution < -0.4 is 10.1 Å². The molecule has 0 aliphatic heterocycles. The second-order valence-electron chi connectivity index (χ2n) is 7.95. The van der Waals surface area contributed by atoms with E-state index >= 15 is 0 Å². The summed E-state index contributed by atoms with van der Waals surface area (Å²) in [5, 5.41) is 5.19. The van der Waals surface area contributed by atoms with Crippen molar-refractivity contribution in [3.05, 3.63) is 77.4 Å². The molecule has 0 saturated heterocycles. The van der Waals surface area contributed by atoms with Crippen LogP contribution in [0.3, 0.4) is 0 Å². The molecule has 0 aromatic heterocycles. The summed E-state index contributed by atoms with van der Waals surface area (Å²) in [4.78, 5) is 12.9. The van der Waals surface area contributed by atoms with Gasteiger partial charge in [0, 0.05) is 11.4 Å². The maximum atomic E-state index is 12.9. The van der Waals surface area contributed by atoms with E-state index in [4.69, 9.17) is 4.74 Å². The fourth-order valence-corrected chi connectivity index (χ4v) is 3.55. The van der Waals surface area contributed by atoms with Crippen LogP contribution in [0.5, 0.6) is 5.75 Å². The number of nitrogens with one attached hydrogen (secondary N) is 1. The quantitative estimate of drug-likeness (QED) is 0.591. The predicted molar refractivity (Wildman–Crippen MR) is 114 cm³/mol. The van der Waals surface area contributed by atoms with Gasteiger partial charge in [-0.05, 0) is 47.8 Å². The highest BCUT2D eigenvalue weighted by atomic mass is 16.5. The number of fused-ring (bicyclic) bond motifs is 1. The van der Waals surface area contributed by atoms with E-state index in [1.807, 2.05) is 36.4 Å². The van der Waals surface area contributed by atoms with Gasteiger partial charge in [0.1, 0.15) is 12.4 Å². The van der Waals surface area contributed by atoms with Crippen molar-refractivity contribution in [3.8, 4) is 5.75 Å². The fraction of sp³-hybridized carbons (Fsp3) is 0.320. The molecular formula is C25H27NO2. The molecule has 0 atom stereocenters. The SMILES string of the molecule is CC(C)c1ccc(COc2c(C(=O)NC3CCC3)ccc3ccccc23)cc1. The van der Waals surface area contributed by atoms with E-state index < -0.39 is 0 Å². The predicted octanol–water partition coefficient (Wildman–Crippen LogP) is 5.82. The molecule has 0 unspecified atom stereocenters. The summed E-state index contributed by atoms with van der Waals surface area (Å²) in [6.07, 6.45) is 3.33. The zero-order valence-electron chi connectivity index (χ0n) is 16.6. The van der Waals surface area contributed by atoms with E-state index in [0.29, 0.717) is 29.9 Å². The van der Waals surface area contributed by atoms with Crippen LogP contribution in [0.15, 0.2) is 60.7 Å². The minimum absolute atomic E-state index is 0.0411. The van der Waals surface area contributed by atoms with Crippen LogP contribution in [0.25, 0.3) is 10.8 Å². The Labute approximate surface area is 166 Å². The first kappa shape index (κ1) is 18.5. The highest BCUT2D eigenvalue weighted by molar-refractivity contribution is 6.04. The standard InChI is InChI=1S/C25H27NO2/c1-17(2)19-12-10-18(11-13-19)16-28-24-22-9-4-3-6-20(22)14-15-23(24)25(27)26-21-7-5-8-21/h3-4,6,9-15,17,21H,5,7-8,16H2,1-2H3,(H,26,27). The van der Waals surface area contributed by atoms with Crippen molar-refractivity contribution in [1.29, 1.82) is 0 Å². The molecule has 0 heterocycles. The molecule has 3 heteroatoms. The zero-order chi connectivity index (χ0) is 19.5. The second-order valence-corrected chi connectivity index (χ2v) is 7.95. The van der Waals surface area contributed by atoms with Crippen LogP contribution in [0.4, 0.5) is 0 Å². The Morgan fingerprint density at radius 3 is 2.46 bits per heavy atom. The van der Waals surface area contributed by atoms with Crippen LogP contribution in [0.1, 0.15) is 60.5 Å². The van der Waals surface area contributed by atoms with Crippen LogP contribution >= 0.6 is 0 Å². The maximum Gasteiger partial charge on any atom is 0.255 e. The van der Waals surface area contributed by atoms with Crippen molar-refractivity contribution < 1.29 is 9.53 Å². The van der Waals surface area contributed by atoms with Gasteiger partial charge in [0.25, 0.3) is 5.91 Å². The number of ether oxygens (including phenoxy) is 1. The third-order valence-electron chi connectivity index (χ3n) is 5.59. The molecule has 1 saturated carbocycles. The van der Waals surface area contributed by atoms with E-state index in [9.17, 15) is 4.79 Å². The monoisotopic (exact) mass is 373 g/mol. The molecule has 144 valence electrons. The Hall–Kier alpha value is -2.81. The molecular weight excluding hydrogens is 346 g/mol. The lowest BCUT2D eigenvalue weighted by Gasteiger charge is -2.27. The fourth-order valence-electron chi connectivity index (χ4n) is 3.55. The first-order valence-electron chi connectivity index (χ1n) is 10.2. The molecule has 0 bridgehead atoms. The molecule has 3 aromatic carbocycles. The molecule has 28 heavy (non-hydrogen) atoms. The lowest BCUT2D eigenvalue weighted by Crippen LogP contribution is -2.39. The van der Waals surface area contributed by atoms with Crippen LogP contribution in [0.2, 0.25) is 0 Å². The smallest absolute Gasteiger partial charge is 0.255 e. The average molecular weight is 373 g/mol. The van der Waals surface area contributed by atoms with Crippen LogP contribution in [0, 0.1) is 0 Å². The highest BCUT2D eigenvalue weighted by Gasteiger charge is 2.23. The largest absolute Gasteiger partial charge is 0.487 e. The first-order chi connectivity index (χ1) is 13.6. The average Bonchev–Trinajstić information content (AvgIpc) is 2.69. The molecule has 1 amide bonds. The van der Waals surface area contributed by atoms with Crippen LogP contribution in [-0.4, -0.2) is 11.9 Å². The van der Waals surface area contributed by atoms with Crippen molar-refractivity contribution in [3.63, 3.8) is 0 Å². The minimum Gasteiger partial charge on any atom is -0.487 e. The minimum atomic E-state index is -0.0411. The van der Waals surface area contributed by atoms with Crippen molar-refractivity contribution in [1.82, 2.24) is 5.32 Å². The zero-order valence-corrected chi connectivity index (χ0v) is 16.6. The van der Waals surface area contributed by atoms with Crippen molar-refractivity contribution in [2.45, 2.75) is 51.7 Å². The van der Waals surface area contributed by atoms with Gasteiger partial charge >= 0.3 is 0 Å². The molecule has 3 nitrogen and oxygen atoms in total. The van der Waals surface area contributed by atoms with Gasteiger partial charge in [-0.3, -0.25) is 4.79 Å². The number of amides is 1. The Bertz CT molecular complexity index is 972. The lowest BCUT2D eigenvalue weighted by molar-refractivity contribution is 0.0912. The molecule has 1 aliphatic carbocycles. The van der Waals surface area contributed by atoms with Gasteiger partial charge in [-0.2, -0.15) is 0 Å². The summed E-state index contributed by atoms with van der Waals surface area (Å²) in [7, 11) is 0. The Kier molecular flexibility index (Phi) is 5.34. The summed E-state index contributed by atoms with van der Waals surface area (Å²) >= 11 is 0. The Morgan fingerprint density at radius 2 is 1.79 bits per heavy atom. The van der Waals surface area contributed by atoms with Gasteiger partial charge in [-0.1, -0.05) is 68.4 Å². The topological polar surface area (TPSA) is 38.3 Å². The number of hydrogen-bond donors (Lipinski definition) is 1. The number of hydrogen-bond acceptors (Lipinski definition) is 2. The van der Waals surface area contributed by atoms with E-state index in [1.165, 1.54) is 12.0 Å². The van der Waals surface area contributed by atoms with Crippen molar-refractivity contribution in [2.24, 2.45) is 0 Å². The molecule has 0 radical (unpaired) electrons. The molecule has 1 fully saturated rings. The summed E-state index contributed by atoms with van der Waals surface area (Å²) < 4.78 is 6.23. The molecule has 4 rings (SSSR count). The first-order valence-corrected chi connectivity index (χ1v) is 10.2. The summed E-state index contributed by atoms with van der Waals surface area (Å²) in [6, 6.07) is 20.8. The number of benzene rings is 3. The summed E-state index contributed by atoms with van der Waals surface area (Å²) in [5.41, 5.74) is 3.03. The van der Waals surface area contributed by atoms with Gasteiger partial charge in [-0.25, -0.2) is 0 Å². The van der Waals surface area contributed by atoms with E-state index in [2.05, 4.69) is 43.4 Å². The summed E-state index contributed by atoms with van der Waals surface area (Å²) in [5.74, 6) is 1.14. The third kappa shape index (κ3) is 3.89. The molecule has 1 aliphatic rings. The van der Waals surface area contributed by atoms with Crippen LogP contribution in [-0.2, 0) is 6.61 Å². The van der Waals surface area contributed by atoms with E-state index in [0.717, 1.165) is 29.2 Å². The lowest BCUT2D eigenvalue weighted by atomic mass is 9.92. The maximum absolute atomic E-state index is 12.9. The van der Waals surface area contributed by atoms with Gasteiger partial charge < -0.3 is 10.1 Å². The van der Waals surface area contributed by atoms with E-state index in [1.54, 1.807) is 0 Å². The molecule has 1 N–H and O–H groups in total. The number of carbonyl (C=O) groups is 1. The van der Waals surface area contributed by atoms with Gasteiger partial charge in [0.15, 0.2) is 0 Å². The number of carbonyl (C=O) groups excluding carboxylic acids is 1. The molecule has 3 aromatic rings. The second kappa shape index (κ2) is 8.05. The Balaban J connectivity index is 1.61. The highest BCUT2D eigenvalue weighted by Crippen LogP contribution is 2.31.